The van der Waals surface area contributed by atoms with Crippen molar-refractivity contribution < 1.29 is 13.6 Å². The van der Waals surface area contributed by atoms with Crippen LogP contribution in [0.3, 0.4) is 0 Å². The quantitative estimate of drug-likeness (QED) is 0.687. The van der Waals surface area contributed by atoms with Crippen molar-refractivity contribution in [3.05, 3.63) is 71.6 Å². The van der Waals surface area contributed by atoms with E-state index < -0.39 is 0 Å². The summed E-state index contributed by atoms with van der Waals surface area (Å²) in [6, 6.07) is 11.7. The summed E-state index contributed by atoms with van der Waals surface area (Å²) in [6.45, 7) is 2.91. The van der Waals surface area contributed by atoms with Crippen LogP contribution in [0.2, 0.25) is 0 Å². The number of amides is 1. The topological polar surface area (TPSA) is 67.2 Å². The highest BCUT2D eigenvalue weighted by Crippen LogP contribution is 2.14. The number of hydrogen-bond acceptors (Lipinski definition) is 5. The molecule has 0 bridgehead atoms. The lowest BCUT2D eigenvalue weighted by Crippen LogP contribution is -2.48. The van der Waals surface area contributed by atoms with E-state index in [0.717, 1.165) is 0 Å². The van der Waals surface area contributed by atoms with Crippen molar-refractivity contribution >= 4 is 5.91 Å². The zero-order chi connectivity index (χ0) is 19.5. The van der Waals surface area contributed by atoms with E-state index in [4.69, 9.17) is 0 Å². The second kappa shape index (κ2) is 7.81. The molecule has 9 heteroatoms. The van der Waals surface area contributed by atoms with Gasteiger partial charge in [-0.15, -0.1) is 5.10 Å². The molecule has 0 unspecified atom stereocenters. The van der Waals surface area contributed by atoms with Crippen molar-refractivity contribution in [2.75, 3.05) is 26.2 Å². The summed E-state index contributed by atoms with van der Waals surface area (Å²) in [4.78, 5) is 16.4. The molecule has 4 rings (SSSR count). The van der Waals surface area contributed by atoms with Crippen LogP contribution in [0.4, 0.5) is 8.78 Å². The third-order valence-electron chi connectivity index (χ3n) is 4.70. The SMILES string of the molecule is O=C(c1ccc(F)cc1)N1CCN(Cc2nnnn2-c2cccc(F)c2)CC1. The Balaban J connectivity index is 1.38. The fraction of sp³-hybridized carbons (Fsp3) is 0.263. The fourth-order valence-corrected chi connectivity index (χ4v) is 3.20. The molecule has 0 aliphatic carbocycles. The number of aromatic nitrogens is 4. The van der Waals surface area contributed by atoms with E-state index in [1.165, 1.54) is 41.1 Å². The van der Waals surface area contributed by atoms with Gasteiger partial charge >= 0.3 is 0 Å². The summed E-state index contributed by atoms with van der Waals surface area (Å²) in [6.07, 6.45) is 0. The average Bonchev–Trinajstić information content (AvgIpc) is 3.17. The molecule has 28 heavy (non-hydrogen) atoms. The Morgan fingerprint density at radius 2 is 1.71 bits per heavy atom. The monoisotopic (exact) mass is 384 g/mol. The zero-order valence-electron chi connectivity index (χ0n) is 15.0. The summed E-state index contributed by atoms with van der Waals surface area (Å²) >= 11 is 0. The van der Waals surface area contributed by atoms with Crippen LogP contribution >= 0.6 is 0 Å². The highest BCUT2D eigenvalue weighted by Gasteiger charge is 2.23. The van der Waals surface area contributed by atoms with Gasteiger partial charge in [0.2, 0.25) is 0 Å². The first-order valence-corrected chi connectivity index (χ1v) is 8.90. The minimum Gasteiger partial charge on any atom is -0.336 e. The summed E-state index contributed by atoms with van der Waals surface area (Å²) in [5.41, 5.74) is 1.04. The lowest BCUT2D eigenvalue weighted by molar-refractivity contribution is 0.0624. The van der Waals surface area contributed by atoms with Gasteiger partial charge in [0.15, 0.2) is 5.82 Å². The van der Waals surface area contributed by atoms with Crippen LogP contribution in [0, 0.1) is 11.6 Å². The normalized spacial score (nSPS) is 15.0. The maximum Gasteiger partial charge on any atom is 0.253 e. The first-order chi connectivity index (χ1) is 13.6. The molecule has 144 valence electrons. The average molecular weight is 384 g/mol. The van der Waals surface area contributed by atoms with Crippen LogP contribution in [0.25, 0.3) is 5.69 Å². The summed E-state index contributed by atoms with van der Waals surface area (Å²) in [5.74, 6) is -0.225. The molecule has 0 N–H and O–H groups in total. The molecule has 0 saturated carbocycles. The van der Waals surface area contributed by atoms with E-state index in [-0.39, 0.29) is 17.5 Å². The van der Waals surface area contributed by atoms with Gasteiger partial charge in [0.25, 0.3) is 5.91 Å². The largest absolute Gasteiger partial charge is 0.336 e. The van der Waals surface area contributed by atoms with Crippen molar-refractivity contribution in [2.45, 2.75) is 6.54 Å². The number of halogens is 2. The van der Waals surface area contributed by atoms with Gasteiger partial charge in [-0.2, -0.15) is 4.68 Å². The molecule has 1 fully saturated rings. The molecular weight excluding hydrogens is 366 g/mol. The van der Waals surface area contributed by atoms with Crippen LogP contribution in [0.15, 0.2) is 48.5 Å². The maximum absolute atomic E-state index is 13.5. The van der Waals surface area contributed by atoms with E-state index in [9.17, 15) is 13.6 Å². The van der Waals surface area contributed by atoms with Gasteiger partial charge in [-0.3, -0.25) is 9.69 Å². The summed E-state index contributed by atoms with van der Waals surface area (Å²) < 4.78 is 28.0. The summed E-state index contributed by atoms with van der Waals surface area (Å²) in [5, 5.41) is 11.7. The van der Waals surface area contributed by atoms with Gasteiger partial charge in [-0.05, 0) is 52.9 Å². The molecule has 1 aliphatic heterocycles. The molecule has 2 heterocycles. The molecule has 2 aromatic carbocycles. The molecule has 0 radical (unpaired) electrons. The number of piperazine rings is 1. The van der Waals surface area contributed by atoms with Crippen LogP contribution in [-0.4, -0.2) is 62.1 Å². The predicted octanol–water partition coefficient (Wildman–Crippen LogP) is 1.90. The molecule has 3 aromatic rings. The standard InChI is InChI=1S/C19H18F2N6O/c20-15-6-4-14(5-7-15)19(28)26-10-8-25(9-11-26)13-18-22-23-24-27(18)17-3-1-2-16(21)12-17/h1-7,12H,8-11,13H2. The van der Waals surface area contributed by atoms with E-state index >= 15 is 0 Å². The van der Waals surface area contributed by atoms with E-state index in [1.807, 2.05) is 0 Å². The minimum atomic E-state index is -0.364. The molecule has 1 amide bonds. The molecular formula is C19H18F2N6O. The van der Waals surface area contributed by atoms with Crippen molar-refractivity contribution in [3.8, 4) is 5.69 Å². The number of carbonyl (C=O) groups excluding carboxylic acids is 1. The van der Waals surface area contributed by atoms with Gasteiger partial charge in [-0.25, -0.2) is 8.78 Å². The molecule has 0 atom stereocenters. The third kappa shape index (κ3) is 3.89. The smallest absolute Gasteiger partial charge is 0.253 e. The number of tetrazole rings is 1. The molecule has 1 aromatic heterocycles. The Morgan fingerprint density at radius 1 is 0.964 bits per heavy atom. The van der Waals surface area contributed by atoms with Gasteiger partial charge in [-0.1, -0.05) is 6.07 Å². The Kier molecular flexibility index (Phi) is 5.07. The van der Waals surface area contributed by atoms with Crippen molar-refractivity contribution in [1.29, 1.82) is 0 Å². The van der Waals surface area contributed by atoms with Crippen LogP contribution in [0.5, 0.6) is 0 Å². The number of benzene rings is 2. The minimum absolute atomic E-state index is 0.107. The number of carbonyl (C=O) groups is 1. The lowest BCUT2D eigenvalue weighted by Gasteiger charge is -2.34. The first kappa shape index (κ1) is 18.2. The Labute approximate surface area is 160 Å². The molecule has 0 spiro atoms. The summed E-state index contributed by atoms with van der Waals surface area (Å²) in [7, 11) is 0. The molecule has 1 aliphatic rings. The number of hydrogen-bond donors (Lipinski definition) is 0. The van der Waals surface area contributed by atoms with E-state index in [0.29, 0.717) is 49.8 Å². The fourth-order valence-electron chi connectivity index (χ4n) is 3.20. The third-order valence-corrected chi connectivity index (χ3v) is 4.70. The Morgan fingerprint density at radius 3 is 2.43 bits per heavy atom. The lowest BCUT2D eigenvalue weighted by atomic mass is 10.2. The van der Waals surface area contributed by atoms with Crippen LogP contribution in [0.1, 0.15) is 16.2 Å². The van der Waals surface area contributed by atoms with Gasteiger partial charge in [0.05, 0.1) is 12.2 Å². The van der Waals surface area contributed by atoms with Gasteiger partial charge < -0.3 is 4.90 Å². The number of nitrogens with zero attached hydrogens (tertiary/aromatic N) is 6. The van der Waals surface area contributed by atoms with Gasteiger partial charge in [0.1, 0.15) is 11.6 Å². The van der Waals surface area contributed by atoms with E-state index in [2.05, 4.69) is 20.4 Å². The predicted molar refractivity (Wildman–Crippen MR) is 96.7 cm³/mol. The van der Waals surface area contributed by atoms with Crippen molar-refractivity contribution in [1.82, 2.24) is 30.0 Å². The second-order valence-electron chi connectivity index (χ2n) is 6.56. The van der Waals surface area contributed by atoms with E-state index in [1.54, 1.807) is 17.0 Å². The van der Waals surface area contributed by atoms with Crippen LogP contribution in [-0.2, 0) is 6.54 Å². The first-order valence-electron chi connectivity index (χ1n) is 8.90. The highest BCUT2D eigenvalue weighted by molar-refractivity contribution is 5.94. The van der Waals surface area contributed by atoms with Crippen LogP contribution < -0.4 is 0 Å². The molecule has 7 nitrogen and oxygen atoms in total. The Hall–Kier alpha value is -3.20. The second-order valence-corrected chi connectivity index (χ2v) is 6.56. The van der Waals surface area contributed by atoms with Crippen molar-refractivity contribution in [2.24, 2.45) is 0 Å². The molecule has 1 saturated heterocycles. The Bertz CT molecular complexity index is 967. The highest BCUT2D eigenvalue weighted by atomic mass is 19.1. The maximum atomic E-state index is 13.5. The zero-order valence-corrected chi connectivity index (χ0v) is 15.0. The number of rotatable bonds is 4. The van der Waals surface area contributed by atoms with Crippen molar-refractivity contribution in [3.63, 3.8) is 0 Å². The van der Waals surface area contributed by atoms with Gasteiger partial charge in [0, 0.05) is 31.7 Å².